The van der Waals surface area contributed by atoms with E-state index in [0.29, 0.717) is 0 Å². The molecule has 0 aromatic heterocycles. The minimum absolute atomic E-state index is 0.0527. The van der Waals surface area contributed by atoms with Crippen LogP contribution in [0, 0.1) is 12.7 Å². The maximum absolute atomic E-state index is 13.7. The van der Waals surface area contributed by atoms with Crippen LogP contribution in [-0.4, -0.2) is 8.42 Å². The predicted molar refractivity (Wildman–Crippen MR) is 80.7 cm³/mol. The van der Waals surface area contributed by atoms with Gasteiger partial charge in [0.2, 0.25) is 10.0 Å². The third kappa shape index (κ3) is 3.40. The number of sulfonamides is 1. The van der Waals surface area contributed by atoms with Crippen LogP contribution >= 0.6 is 0 Å². The minimum Gasteiger partial charge on any atom is -0.399 e. The van der Waals surface area contributed by atoms with Crippen molar-refractivity contribution < 1.29 is 12.8 Å². The lowest BCUT2D eigenvalue weighted by Crippen LogP contribution is -2.27. The van der Waals surface area contributed by atoms with Gasteiger partial charge in [0, 0.05) is 17.3 Å². The first-order chi connectivity index (χ1) is 9.81. The lowest BCUT2D eigenvalue weighted by molar-refractivity contribution is 0.562. The molecule has 0 amide bonds. The van der Waals surface area contributed by atoms with Crippen molar-refractivity contribution in [3.63, 3.8) is 0 Å². The van der Waals surface area contributed by atoms with E-state index in [2.05, 4.69) is 4.72 Å². The molecule has 112 valence electrons. The third-order valence-corrected chi connectivity index (χ3v) is 4.91. The van der Waals surface area contributed by atoms with E-state index in [9.17, 15) is 12.8 Å². The zero-order valence-corrected chi connectivity index (χ0v) is 12.6. The van der Waals surface area contributed by atoms with Crippen molar-refractivity contribution in [1.29, 1.82) is 0 Å². The quantitative estimate of drug-likeness (QED) is 0.853. The molecular weight excluding hydrogens is 291 g/mol. The van der Waals surface area contributed by atoms with Gasteiger partial charge in [-0.25, -0.2) is 17.5 Å². The first kappa shape index (κ1) is 15.5. The van der Waals surface area contributed by atoms with Gasteiger partial charge < -0.3 is 5.73 Å². The summed E-state index contributed by atoms with van der Waals surface area (Å²) in [6.07, 6.45) is 0. The predicted octanol–water partition coefficient (Wildman–Crippen LogP) is 2.76. The van der Waals surface area contributed by atoms with E-state index in [1.807, 2.05) is 30.3 Å². The van der Waals surface area contributed by atoms with Crippen LogP contribution in [0.3, 0.4) is 0 Å². The van der Waals surface area contributed by atoms with Crippen LogP contribution in [0.25, 0.3) is 0 Å². The number of hydrogen-bond donors (Lipinski definition) is 2. The Labute approximate surface area is 123 Å². The summed E-state index contributed by atoms with van der Waals surface area (Å²) in [7, 11) is -3.85. The molecule has 0 bridgehead atoms. The van der Waals surface area contributed by atoms with Crippen molar-refractivity contribution in [2.24, 2.45) is 0 Å². The van der Waals surface area contributed by atoms with Gasteiger partial charge in [0.05, 0.1) is 4.90 Å². The summed E-state index contributed by atoms with van der Waals surface area (Å²) in [6, 6.07) is 11.1. The van der Waals surface area contributed by atoms with Crippen LogP contribution in [0.2, 0.25) is 0 Å². The fraction of sp³-hybridized carbons (Fsp3) is 0.200. The maximum atomic E-state index is 13.7. The van der Waals surface area contributed by atoms with E-state index >= 15 is 0 Å². The van der Waals surface area contributed by atoms with E-state index in [4.69, 9.17) is 5.73 Å². The molecule has 1 atom stereocenters. The van der Waals surface area contributed by atoms with E-state index in [0.717, 1.165) is 11.6 Å². The molecule has 0 unspecified atom stereocenters. The molecule has 3 N–H and O–H groups in total. The molecule has 0 heterocycles. The largest absolute Gasteiger partial charge is 0.399 e. The topological polar surface area (TPSA) is 72.2 Å². The zero-order valence-electron chi connectivity index (χ0n) is 11.8. The number of benzene rings is 2. The molecule has 0 saturated carbocycles. The molecule has 0 fully saturated rings. The Bertz CT molecular complexity index is 746. The third-order valence-electron chi connectivity index (χ3n) is 3.24. The first-order valence-corrected chi connectivity index (χ1v) is 7.92. The lowest BCUT2D eigenvalue weighted by Gasteiger charge is -2.16. The molecule has 21 heavy (non-hydrogen) atoms. The highest BCUT2D eigenvalue weighted by atomic mass is 32.2. The van der Waals surface area contributed by atoms with Crippen LogP contribution in [-0.2, 0) is 10.0 Å². The second-order valence-corrected chi connectivity index (χ2v) is 6.56. The summed E-state index contributed by atoms with van der Waals surface area (Å²) in [4.78, 5) is -0.136. The highest BCUT2D eigenvalue weighted by Gasteiger charge is 2.22. The lowest BCUT2D eigenvalue weighted by atomic mass is 10.1. The molecule has 2 aromatic carbocycles. The summed E-state index contributed by atoms with van der Waals surface area (Å²) in [6.45, 7) is 3.14. The molecule has 0 radical (unpaired) electrons. The van der Waals surface area contributed by atoms with Crippen molar-refractivity contribution >= 4 is 15.7 Å². The molecule has 0 spiro atoms. The molecule has 2 rings (SSSR count). The van der Waals surface area contributed by atoms with Gasteiger partial charge in [0.15, 0.2) is 0 Å². The number of nitrogens with two attached hydrogens (primary N) is 1. The Morgan fingerprint density at radius 2 is 1.81 bits per heavy atom. The fourth-order valence-electron chi connectivity index (χ4n) is 2.06. The van der Waals surface area contributed by atoms with Crippen LogP contribution < -0.4 is 10.5 Å². The Balaban J connectivity index is 2.35. The van der Waals surface area contributed by atoms with Crippen LogP contribution in [0.1, 0.15) is 24.1 Å². The maximum Gasteiger partial charge on any atom is 0.241 e. The van der Waals surface area contributed by atoms with Crippen molar-refractivity contribution in [2.45, 2.75) is 24.8 Å². The summed E-state index contributed by atoms with van der Waals surface area (Å²) in [5.74, 6) is -0.636. The molecule has 0 aliphatic carbocycles. The first-order valence-electron chi connectivity index (χ1n) is 6.44. The Morgan fingerprint density at radius 1 is 1.19 bits per heavy atom. The molecule has 0 saturated heterocycles. The number of halogens is 1. The van der Waals surface area contributed by atoms with Crippen molar-refractivity contribution in [1.82, 2.24) is 4.72 Å². The monoisotopic (exact) mass is 308 g/mol. The highest BCUT2D eigenvalue weighted by Crippen LogP contribution is 2.23. The number of nitrogens with one attached hydrogen (secondary N) is 1. The molecular formula is C15H17FN2O2S. The second-order valence-electron chi connectivity index (χ2n) is 4.88. The average molecular weight is 308 g/mol. The molecule has 2 aromatic rings. The van der Waals surface area contributed by atoms with Gasteiger partial charge in [-0.15, -0.1) is 0 Å². The van der Waals surface area contributed by atoms with Gasteiger partial charge in [-0.1, -0.05) is 30.3 Å². The zero-order chi connectivity index (χ0) is 15.6. The molecule has 0 aliphatic heterocycles. The minimum atomic E-state index is -3.85. The molecule has 6 heteroatoms. The Hall–Kier alpha value is -1.92. The van der Waals surface area contributed by atoms with Gasteiger partial charge in [0.25, 0.3) is 0 Å². The smallest absolute Gasteiger partial charge is 0.241 e. The number of nitrogen functional groups attached to an aromatic ring is 1. The van der Waals surface area contributed by atoms with Gasteiger partial charge >= 0.3 is 0 Å². The van der Waals surface area contributed by atoms with Crippen molar-refractivity contribution in [3.05, 3.63) is 59.4 Å². The second kappa shape index (κ2) is 5.83. The van der Waals surface area contributed by atoms with E-state index in [1.165, 1.54) is 13.0 Å². The molecule has 0 aliphatic rings. The van der Waals surface area contributed by atoms with Crippen LogP contribution in [0.5, 0.6) is 0 Å². The summed E-state index contributed by atoms with van der Waals surface area (Å²) in [5.41, 5.74) is 6.48. The van der Waals surface area contributed by atoms with Gasteiger partial charge in [-0.3, -0.25) is 0 Å². The van der Waals surface area contributed by atoms with Crippen LogP contribution in [0.15, 0.2) is 47.4 Å². The van der Waals surface area contributed by atoms with Crippen molar-refractivity contribution in [2.75, 3.05) is 5.73 Å². The summed E-state index contributed by atoms with van der Waals surface area (Å²) in [5, 5.41) is 0. The molecule has 4 nitrogen and oxygen atoms in total. The van der Waals surface area contributed by atoms with E-state index < -0.39 is 21.9 Å². The van der Waals surface area contributed by atoms with E-state index in [1.54, 1.807) is 6.92 Å². The van der Waals surface area contributed by atoms with Crippen LogP contribution in [0.4, 0.5) is 10.1 Å². The van der Waals surface area contributed by atoms with E-state index in [-0.39, 0.29) is 16.1 Å². The Morgan fingerprint density at radius 3 is 2.43 bits per heavy atom. The van der Waals surface area contributed by atoms with Crippen molar-refractivity contribution in [3.8, 4) is 0 Å². The number of hydrogen-bond acceptors (Lipinski definition) is 3. The summed E-state index contributed by atoms with van der Waals surface area (Å²) < 4.78 is 41.0. The number of anilines is 1. The highest BCUT2D eigenvalue weighted by molar-refractivity contribution is 7.89. The number of rotatable bonds is 4. The SMILES string of the molecule is Cc1c(F)cc(N)cc1S(=O)(=O)N[C@@H](C)c1ccccc1. The van der Waals surface area contributed by atoms with Gasteiger partial charge in [-0.05, 0) is 31.5 Å². The standard InChI is InChI=1S/C15H17FN2O2S/c1-10-14(16)8-13(17)9-15(10)21(19,20)18-11(2)12-6-4-3-5-7-12/h3-9,11,18H,17H2,1-2H3/t11-/m0/s1. The normalized spacial score (nSPS) is 13.1. The average Bonchev–Trinajstić information content (AvgIpc) is 2.43. The summed E-state index contributed by atoms with van der Waals surface area (Å²) >= 11 is 0. The van der Waals surface area contributed by atoms with Gasteiger partial charge in [0.1, 0.15) is 5.82 Å². The fourth-order valence-corrected chi connectivity index (χ4v) is 3.58. The van der Waals surface area contributed by atoms with Gasteiger partial charge in [-0.2, -0.15) is 0 Å². The Kier molecular flexibility index (Phi) is 4.29.